The Labute approximate surface area is 232 Å². The summed E-state index contributed by atoms with van der Waals surface area (Å²) in [4.78, 5) is 5.00. The molecule has 2 aliphatic heterocycles. The molecular formula is C36H33BN2. The van der Waals surface area contributed by atoms with Gasteiger partial charge in [-0.2, -0.15) is 0 Å². The predicted molar refractivity (Wildman–Crippen MR) is 169 cm³/mol. The van der Waals surface area contributed by atoms with Gasteiger partial charge in [0.1, 0.15) is 0 Å². The lowest BCUT2D eigenvalue weighted by atomic mass is 9.32. The van der Waals surface area contributed by atoms with Crippen LogP contribution in [-0.2, 0) is 0 Å². The summed E-state index contributed by atoms with van der Waals surface area (Å²) in [5, 5.41) is 0. The molecule has 5 aromatic carbocycles. The number of aryl methyl sites for hydroxylation is 6. The highest BCUT2D eigenvalue weighted by Gasteiger charge is 2.43. The molecule has 0 amide bonds. The highest BCUT2D eigenvalue weighted by Crippen LogP contribution is 2.44. The van der Waals surface area contributed by atoms with E-state index >= 15 is 0 Å². The minimum Gasteiger partial charge on any atom is -0.311 e. The van der Waals surface area contributed by atoms with Crippen molar-refractivity contribution in [2.24, 2.45) is 0 Å². The molecule has 2 aliphatic rings. The van der Waals surface area contributed by atoms with Gasteiger partial charge in [-0.15, -0.1) is 0 Å². The fourth-order valence-corrected chi connectivity index (χ4v) is 6.95. The average molecular weight is 504 g/mol. The minimum atomic E-state index is 0.172. The standard InChI is InChI=1S/C36H33BN2/c1-22-9-7-10-28(17-22)38-31-11-8-12-32-36(31)37(30-14-13-23(2)20-33(30)38)35-27(6)16-26(5)21-34(35)39(32)29-18-24(3)15-25(4)19-29/h7-21H,1-6H3. The summed E-state index contributed by atoms with van der Waals surface area (Å²) in [6.07, 6.45) is 0. The number of rotatable bonds is 2. The van der Waals surface area contributed by atoms with Crippen LogP contribution in [0.2, 0.25) is 0 Å². The van der Waals surface area contributed by atoms with Gasteiger partial charge >= 0.3 is 0 Å². The molecule has 0 N–H and O–H groups in total. The van der Waals surface area contributed by atoms with E-state index in [9.17, 15) is 0 Å². The third kappa shape index (κ3) is 3.64. The number of hydrogen-bond acceptors (Lipinski definition) is 2. The lowest BCUT2D eigenvalue weighted by molar-refractivity contribution is 1.22. The summed E-state index contributed by atoms with van der Waals surface area (Å²) >= 11 is 0. The van der Waals surface area contributed by atoms with E-state index in [1.165, 1.54) is 83.9 Å². The Kier molecular flexibility index (Phi) is 5.28. The van der Waals surface area contributed by atoms with Crippen LogP contribution in [0, 0.1) is 41.5 Å². The number of fused-ring (bicyclic) bond motifs is 4. The predicted octanol–water partition coefficient (Wildman–Crippen LogP) is 7.62. The van der Waals surface area contributed by atoms with Gasteiger partial charge in [0.05, 0.1) is 0 Å². The molecule has 0 aliphatic carbocycles. The monoisotopic (exact) mass is 504 g/mol. The number of benzene rings is 5. The Morgan fingerprint density at radius 3 is 1.74 bits per heavy atom. The van der Waals surface area contributed by atoms with Gasteiger partial charge in [0.15, 0.2) is 0 Å². The SMILES string of the molecule is Cc1cccc(N2c3cc(C)ccc3B3c4c(C)cc(C)cc4N(c4cc(C)cc(C)c4)c4cccc2c43)c1. The molecule has 0 spiro atoms. The molecule has 0 saturated carbocycles. The Balaban J connectivity index is 1.61. The maximum Gasteiger partial charge on any atom is 0.252 e. The molecule has 0 fully saturated rings. The van der Waals surface area contributed by atoms with Crippen molar-refractivity contribution in [1.29, 1.82) is 0 Å². The Morgan fingerprint density at radius 1 is 0.436 bits per heavy atom. The zero-order valence-electron chi connectivity index (χ0n) is 23.6. The van der Waals surface area contributed by atoms with Crippen LogP contribution in [0.15, 0.2) is 91.0 Å². The Hall–Kier alpha value is -4.24. The molecule has 0 saturated heterocycles. The molecule has 190 valence electrons. The lowest BCUT2D eigenvalue weighted by Gasteiger charge is -2.45. The fraction of sp³-hybridized carbons (Fsp3) is 0.167. The van der Waals surface area contributed by atoms with Gasteiger partial charge in [0, 0.05) is 34.1 Å². The van der Waals surface area contributed by atoms with Gasteiger partial charge in [0.25, 0.3) is 6.71 Å². The minimum absolute atomic E-state index is 0.172. The van der Waals surface area contributed by atoms with Crippen LogP contribution >= 0.6 is 0 Å². The second kappa shape index (κ2) is 8.64. The van der Waals surface area contributed by atoms with Gasteiger partial charge in [-0.1, -0.05) is 48.0 Å². The normalized spacial score (nSPS) is 13.2. The van der Waals surface area contributed by atoms with Crippen molar-refractivity contribution in [3.8, 4) is 0 Å². The van der Waals surface area contributed by atoms with Crippen LogP contribution in [0.25, 0.3) is 0 Å². The summed E-state index contributed by atoms with van der Waals surface area (Å²) < 4.78 is 0. The van der Waals surface area contributed by atoms with E-state index < -0.39 is 0 Å². The first-order valence-electron chi connectivity index (χ1n) is 13.9. The third-order valence-corrected chi connectivity index (χ3v) is 8.33. The van der Waals surface area contributed by atoms with Crippen LogP contribution in [0.3, 0.4) is 0 Å². The first-order chi connectivity index (χ1) is 18.8. The molecule has 7 rings (SSSR count). The van der Waals surface area contributed by atoms with Crippen LogP contribution in [-0.4, -0.2) is 6.71 Å². The first kappa shape index (κ1) is 23.9. The van der Waals surface area contributed by atoms with Crippen molar-refractivity contribution in [3.63, 3.8) is 0 Å². The smallest absolute Gasteiger partial charge is 0.252 e. The summed E-state index contributed by atoms with van der Waals surface area (Å²) in [6.45, 7) is 13.5. The van der Waals surface area contributed by atoms with Gasteiger partial charge in [-0.3, -0.25) is 0 Å². The third-order valence-electron chi connectivity index (χ3n) is 8.33. The van der Waals surface area contributed by atoms with E-state index in [-0.39, 0.29) is 6.71 Å². The summed E-state index contributed by atoms with van der Waals surface area (Å²) in [6, 6.07) is 34.4. The van der Waals surface area contributed by atoms with E-state index in [4.69, 9.17) is 0 Å². The average Bonchev–Trinajstić information content (AvgIpc) is 2.87. The lowest BCUT2D eigenvalue weighted by Crippen LogP contribution is -2.62. The zero-order chi connectivity index (χ0) is 27.0. The van der Waals surface area contributed by atoms with Gasteiger partial charge in [0.2, 0.25) is 0 Å². The maximum atomic E-state index is 2.51. The van der Waals surface area contributed by atoms with Crippen molar-refractivity contribution in [3.05, 3.63) is 124 Å². The highest BCUT2D eigenvalue weighted by molar-refractivity contribution is 7.00. The fourth-order valence-electron chi connectivity index (χ4n) is 6.95. The van der Waals surface area contributed by atoms with Crippen molar-refractivity contribution in [2.45, 2.75) is 41.5 Å². The number of hydrogen-bond donors (Lipinski definition) is 0. The summed E-state index contributed by atoms with van der Waals surface area (Å²) in [7, 11) is 0. The number of nitrogens with zero attached hydrogens (tertiary/aromatic N) is 2. The second-order valence-electron chi connectivity index (χ2n) is 11.6. The van der Waals surface area contributed by atoms with Crippen molar-refractivity contribution >= 4 is 57.2 Å². The summed E-state index contributed by atoms with van der Waals surface area (Å²) in [5.41, 5.74) is 19.4. The van der Waals surface area contributed by atoms with E-state index in [1.54, 1.807) is 0 Å². The molecule has 3 heteroatoms. The van der Waals surface area contributed by atoms with E-state index in [1.807, 2.05) is 0 Å². The largest absolute Gasteiger partial charge is 0.311 e. The van der Waals surface area contributed by atoms with Crippen LogP contribution in [0.5, 0.6) is 0 Å². The van der Waals surface area contributed by atoms with Gasteiger partial charge in [-0.25, -0.2) is 0 Å². The van der Waals surface area contributed by atoms with Gasteiger partial charge < -0.3 is 9.80 Å². The molecule has 2 nitrogen and oxygen atoms in total. The highest BCUT2D eigenvalue weighted by atomic mass is 15.2. The Morgan fingerprint density at radius 2 is 1.03 bits per heavy atom. The molecule has 0 radical (unpaired) electrons. The molecular weight excluding hydrogens is 471 g/mol. The molecule has 0 unspecified atom stereocenters. The summed E-state index contributed by atoms with van der Waals surface area (Å²) in [5.74, 6) is 0. The first-order valence-corrected chi connectivity index (χ1v) is 13.9. The number of anilines is 6. The molecule has 0 bridgehead atoms. The van der Waals surface area contributed by atoms with Crippen LogP contribution in [0.1, 0.15) is 33.4 Å². The molecule has 39 heavy (non-hydrogen) atoms. The Bertz CT molecular complexity index is 1780. The van der Waals surface area contributed by atoms with Crippen molar-refractivity contribution in [2.75, 3.05) is 9.80 Å². The maximum absolute atomic E-state index is 2.51. The molecule has 2 heterocycles. The van der Waals surface area contributed by atoms with Crippen molar-refractivity contribution in [1.82, 2.24) is 0 Å². The van der Waals surface area contributed by atoms with E-state index in [2.05, 4.69) is 142 Å². The van der Waals surface area contributed by atoms with Crippen molar-refractivity contribution < 1.29 is 0 Å². The molecule has 0 atom stereocenters. The van der Waals surface area contributed by atoms with E-state index in [0.717, 1.165) is 0 Å². The quantitative estimate of drug-likeness (QED) is 0.224. The van der Waals surface area contributed by atoms with E-state index in [0.29, 0.717) is 0 Å². The zero-order valence-corrected chi connectivity index (χ0v) is 23.6. The molecule has 5 aromatic rings. The van der Waals surface area contributed by atoms with Crippen LogP contribution < -0.4 is 26.2 Å². The van der Waals surface area contributed by atoms with Crippen LogP contribution in [0.4, 0.5) is 34.1 Å². The van der Waals surface area contributed by atoms with Gasteiger partial charge in [-0.05, 0) is 134 Å². The second-order valence-corrected chi connectivity index (χ2v) is 11.6. The molecule has 0 aromatic heterocycles. The topological polar surface area (TPSA) is 6.48 Å².